The molecule has 0 aromatic heterocycles. The Bertz CT molecular complexity index is 516. The maximum absolute atomic E-state index is 12.1. The van der Waals surface area contributed by atoms with Crippen LogP contribution in [-0.4, -0.2) is 11.9 Å². The number of unbranched alkanes of at least 4 members (excludes halogenated alkanes) is 11. The van der Waals surface area contributed by atoms with E-state index in [1.807, 2.05) is 18.2 Å². The number of benzene rings is 1. The number of para-hydroxylation sites is 1. The van der Waals surface area contributed by atoms with Crippen molar-refractivity contribution in [1.82, 2.24) is 5.43 Å². The quantitative estimate of drug-likeness (QED) is 0.371. The van der Waals surface area contributed by atoms with Gasteiger partial charge in [-0.3, -0.25) is 15.2 Å². The molecule has 0 saturated carbocycles. The first-order valence-corrected chi connectivity index (χ1v) is 11.4. The van der Waals surface area contributed by atoms with Crippen molar-refractivity contribution >= 4 is 11.6 Å². The Hall–Kier alpha value is -1.51. The summed E-state index contributed by atoms with van der Waals surface area (Å²) in [5, 5.41) is 2.09. The second-order valence-electron chi connectivity index (χ2n) is 8.22. The van der Waals surface area contributed by atoms with Crippen molar-refractivity contribution in [3.63, 3.8) is 0 Å². The Morgan fingerprint density at radius 1 is 0.815 bits per heavy atom. The molecule has 27 heavy (non-hydrogen) atoms. The van der Waals surface area contributed by atoms with E-state index in [1.165, 1.54) is 77.0 Å². The van der Waals surface area contributed by atoms with Crippen LogP contribution in [0.2, 0.25) is 0 Å². The number of rotatable bonds is 14. The molecule has 1 amide bonds. The molecule has 0 aliphatic carbocycles. The number of hydrazine groups is 1. The van der Waals surface area contributed by atoms with E-state index in [0.717, 1.165) is 12.1 Å². The van der Waals surface area contributed by atoms with Crippen LogP contribution in [0.4, 0.5) is 5.69 Å². The fourth-order valence-electron chi connectivity index (χ4n) is 4.12. The van der Waals surface area contributed by atoms with Crippen LogP contribution in [0, 0.1) is 5.92 Å². The second kappa shape index (κ2) is 12.8. The Kier molecular flexibility index (Phi) is 10.3. The van der Waals surface area contributed by atoms with Gasteiger partial charge >= 0.3 is 0 Å². The van der Waals surface area contributed by atoms with Gasteiger partial charge in [0.05, 0.1) is 17.6 Å². The third kappa shape index (κ3) is 7.56. The van der Waals surface area contributed by atoms with Crippen LogP contribution in [-0.2, 0) is 4.79 Å². The van der Waals surface area contributed by atoms with Crippen molar-refractivity contribution in [2.24, 2.45) is 5.92 Å². The van der Waals surface area contributed by atoms with Crippen molar-refractivity contribution < 1.29 is 4.79 Å². The van der Waals surface area contributed by atoms with Gasteiger partial charge in [0.2, 0.25) is 5.91 Å². The largest absolute Gasteiger partial charge is 0.282 e. The lowest BCUT2D eigenvalue weighted by atomic mass is 9.96. The van der Waals surface area contributed by atoms with Gasteiger partial charge < -0.3 is 0 Å². The molecule has 1 aromatic rings. The third-order valence-electron chi connectivity index (χ3n) is 5.94. The number of carbonyl (C=O) groups is 1. The minimum absolute atomic E-state index is 0.0675. The molecule has 1 N–H and O–H groups in total. The molecular weight excluding hydrogens is 332 g/mol. The Morgan fingerprint density at radius 3 is 1.89 bits per heavy atom. The summed E-state index contributed by atoms with van der Waals surface area (Å²) < 4.78 is 0. The maximum Gasteiger partial charge on any atom is 0.243 e. The minimum atomic E-state index is 0.0675. The second-order valence-corrected chi connectivity index (χ2v) is 8.22. The Labute approximate surface area is 166 Å². The van der Waals surface area contributed by atoms with Gasteiger partial charge in [0.25, 0.3) is 0 Å². The highest BCUT2D eigenvalue weighted by Gasteiger charge is 2.37. The zero-order chi connectivity index (χ0) is 19.3. The minimum Gasteiger partial charge on any atom is -0.282 e. The van der Waals surface area contributed by atoms with Crippen LogP contribution in [0.3, 0.4) is 0 Å². The monoisotopic (exact) mass is 372 g/mol. The molecule has 1 aromatic carbocycles. The Morgan fingerprint density at radius 2 is 1.33 bits per heavy atom. The first kappa shape index (κ1) is 21.8. The summed E-state index contributed by atoms with van der Waals surface area (Å²) in [5.41, 5.74) is 4.15. The van der Waals surface area contributed by atoms with E-state index in [0.29, 0.717) is 0 Å². The van der Waals surface area contributed by atoms with Crippen molar-refractivity contribution in [3.05, 3.63) is 30.3 Å². The predicted molar refractivity (Wildman–Crippen MR) is 116 cm³/mol. The van der Waals surface area contributed by atoms with Gasteiger partial charge in [-0.25, -0.2) is 0 Å². The van der Waals surface area contributed by atoms with Crippen LogP contribution < -0.4 is 10.4 Å². The molecule has 1 saturated heterocycles. The van der Waals surface area contributed by atoms with Gasteiger partial charge in [-0.2, -0.15) is 0 Å². The van der Waals surface area contributed by atoms with Gasteiger partial charge in [-0.15, -0.1) is 0 Å². The summed E-state index contributed by atoms with van der Waals surface area (Å²) in [5.74, 6) is 0.223. The lowest BCUT2D eigenvalue weighted by Crippen LogP contribution is -2.38. The van der Waals surface area contributed by atoms with Gasteiger partial charge in [0.1, 0.15) is 0 Å². The zero-order valence-electron chi connectivity index (χ0n) is 17.6. The van der Waals surface area contributed by atoms with Gasteiger partial charge in [-0.05, 0) is 18.6 Å². The highest BCUT2D eigenvalue weighted by atomic mass is 16.2. The summed E-state index contributed by atoms with van der Waals surface area (Å²) in [4.78, 5) is 12.1. The summed E-state index contributed by atoms with van der Waals surface area (Å²) in [6, 6.07) is 10.5. The number of nitrogens with one attached hydrogen (secondary N) is 1. The molecule has 1 aliphatic heterocycles. The van der Waals surface area contributed by atoms with Gasteiger partial charge in [-0.1, -0.05) is 109 Å². The average molecular weight is 373 g/mol. The molecule has 2 rings (SSSR count). The van der Waals surface area contributed by atoms with E-state index in [9.17, 15) is 4.79 Å². The number of carbonyl (C=O) groups excluding carboxylic acids is 1. The average Bonchev–Trinajstić information content (AvgIpc) is 2.98. The Balaban J connectivity index is 1.56. The molecule has 0 spiro atoms. The lowest BCUT2D eigenvalue weighted by molar-refractivity contribution is -0.122. The molecule has 0 radical (unpaired) electrons. The third-order valence-corrected chi connectivity index (χ3v) is 5.94. The van der Waals surface area contributed by atoms with Crippen molar-refractivity contribution in [3.8, 4) is 0 Å². The summed E-state index contributed by atoms with van der Waals surface area (Å²) >= 11 is 0. The first-order valence-electron chi connectivity index (χ1n) is 11.4. The number of anilines is 1. The van der Waals surface area contributed by atoms with Gasteiger partial charge in [0.15, 0.2) is 0 Å². The molecule has 1 aliphatic rings. The topological polar surface area (TPSA) is 32.3 Å². The molecule has 1 heterocycles. The van der Waals surface area contributed by atoms with Crippen LogP contribution in [0.15, 0.2) is 30.3 Å². The van der Waals surface area contributed by atoms with E-state index in [-0.39, 0.29) is 17.9 Å². The maximum atomic E-state index is 12.1. The van der Waals surface area contributed by atoms with Crippen molar-refractivity contribution in [2.75, 3.05) is 5.01 Å². The molecular formula is C24H40N2O. The van der Waals surface area contributed by atoms with E-state index in [1.54, 1.807) is 0 Å². The number of hydrogen-bond donors (Lipinski definition) is 1. The van der Waals surface area contributed by atoms with Crippen molar-refractivity contribution in [1.29, 1.82) is 0 Å². The van der Waals surface area contributed by atoms with Crippen LogP contribution in [0.5, 0.6) is 0 Å². The summed E-state index contributed by atoms with van der Waals surface area (Å²) in [6.07, 6.45) is 17.5. The van der Waals surface area contributed by atoms with Crippen LogP contribution in [0.1, 0.15) is 97.3 Å². The normalized spacial score (nSPS) is 19.5. The van der Waals surface area contributed by atoms with Crippen LogP contribution >= 0.6 is 0 Å². The SMILES string of the molecule is CCCCCCCCCCCCCCC1C(C)C(=O)NN1c1ccccc1. The number of amides is 1. The molecule has 152 valence electrons. The molecule has 2 atom stereocenters. The molecule has 1 fully saturated rings. The summed E-state index contributed by atoms with van der Waals surface area (Å²) in [7, 11) is 0. The van der Waals surface area contributed by atoms with Gasteiger partial charge in [0, 0.05) is 0 Å². The first-order chi connectivity index (χ1) is 13.2. The van der Waals surface area contributed by atoms with E-state index in [4.69, 9.17) is 0 Å². The fraction of sp³-hybridized carbons (Fsp3) is 0.708. The summed E-state index contributed by atoms with van der Waals surface area (Å²) in [6.45, 7) is 4.34. The van der Waals surface area contributed by atoms with E-state index >= 15 is 0 Å². The highest BCUT2D eigenvalue weighted by molar-refractivity contribution is 5.84. The number of nitrogens with zero attached hydrogens (tertiary/aromatic N) is 1. The fourth-order valence-corrected chi connectivity index (χ4v) is 4.12. The van der Waals surface area contributed by atoms with Crippen LogP contribution in [0.25, 0.3) is 0 Å². The highest BCUT2D eigenvalue weighted by Crippen LogP contribution is 2.28. The smallest absolute Gasteiger partial charge is 0.243 e. The van der Waals surface area contributed by atoms with E-state index < -0.39 is 0 Å². The molecule has 2 unspecified atom stereocenters. The number of hydrogen-bond acceptors (Lipinski definition) is 2. The lowest BCUT2D eigenvalue weighted by Gasteiger charge is -2.27. The molecule has 3 nitrogen and oxygen atoms in total. The predicted octanol–water partition coefficient (Wildman–Crippen LogP) is 6.63. The standard InChI is InChI=1S/C24H40N2O/c1-3-4-5-6-7-8-9-10-11-12-13-17-20-23-21(2)24(27)25-26(23)22-18-15-14-16-19-22/h14-16,18-19,21,23H,3-13,17,20H2,1-2H3,(H,25,27). The molecule has 0 bridgehead atoms. The van der Waals surface area contributed by atoms with Crippen molar-refractivity contribution in [2.45, 2.75) is 103 Å². The zero-order valence-corrected chi connectivity index (χ0v) is 17.6. The van der Waals surface area contributed by atoms with E-state index in [2.05, 4.69) is 36.4 Å². The molecule has 3 heteroatoms.